The van der Waals surface area contributed by atoms with Gasteiger partial charge in [0, 0.05) is 30.9 Å². The molecule has 0 aliphatic carbocycles. The van der Waals surface area contributed by atoms with E-state index in [4.69, 9.17) is 14.2 Å². The first-order valence-corrected chi connectivity index (χ1v) is 18.2. The van der Waals surface area contributed by atoms with Crippen LogP contribution in [0.25, 0.3) is 0 Å². The van der Waals surface area contributed by atoms with Crippen molar-refractivity contribution in [3.05, 3.63) is 129 Å². The molecule has 3 aromatic carbocycles. The number of rotatable bonds is 11. The minimum atomic E-state index is -0.775. The molecule has 1 amide bonds. The monoisotopic (exact) mass is 726 g/mol. The number of allylic oxidation sites excluding steroid dienone is 1. The van der Waals surface area contributed by atoms with Gasteiger partial charge in [-0.3, -0.25) is 19.3 Å². The summed E-state index contributed by atoms with van der Waals surface area (Å²) in [6, 6.07) is 26.2. The Morgan fingerprint density at radius 3 is 2.12 bits per heavy atom. The van der Waals surface area contributed by atoms with E-state index in [0.29, 0.717) is 22.0 Å². The fourth-order valence-corrected chi connectivity index (χ4v) is 7.97. The molecule has 6 rings (SSSR count). The number of carbonyl (C=O) groups excluding carboxylic acids is 3. The Hall–Kier alpha value is -4.72. The molecular formula is C38H38N4O7S2. The molecule has 0 radical (unpaired) electrons. The van der Waals surface area contributed by atoms with Crippen LogP contribution in [0.2, 0.25) is 0 Å². The number of Topliss-reactive ketones (excluding diaryl/α,β-unsaturated/α-hetero) is 1. The molecule has 0 saturated carbocycles. The molecule has 0 spiro atoms. The van der Waals surface area contributed by atoms with Crippen LogP contribution in [0.15, 0.2) is 106 Å². The molecule has 1 aromatic heterocycles. The van der Waals surface area contributed by atoms with Crippen LogP contribution >= 0.6 is 23.5 Å². The summed E-state index contributed by atoms with van der Waals surface area (Å²) < 4.78 is 19.0. The van der Waals surface area contributed by atoms with Crippen molar-refractivity contribution in [2.24, 2.45) is 12.5 Å². The number of aryl methyl sites for hydroxylation is 1. The van der Waals surface area contributed by atoms with Crippen LogP contribution in [0.5, 0.6) is 5.88 Å². The molecule has 3 heterocycles. The van der Waals surface area contributed by atoms with Crippen molar-refractivity contribution in [3.63, 3.8) is 0 Å². The van der Waals surface area contributed by atoms with Crippen molar-refractivity contribution >= 4 is 41.2 Å². The summed E-state index contributed by atoms with van der Waals surface area (Å²) in [5, 5.41) is 4.34. The molecule has 4 aromatic rings. The third kappa shape index (κ3) is 7.51. The SMILES string of the molecule is CO[C@H]1C(=O)N2C(C(=O)C(C)(C)C)=C(C)C(OC(=O)c3ccc(CSc4nc(=O)c(OC(c5ccccc5)c5ccccc5)nn4C)cc3)S[C@H]12. The maximum atomic E-state index is 13.4. The lowest BCUT2D eigenvalue weighted by Gasteiger charge is -2.51. The fourth-order valence-electron chi connectivity index (χ4n) is 5.69. The molecule has 1 saturated heterocycles. The molecule has 11 nitrogen and oxygen atoms in total. The normalized spacial score (nSPS) is 18.7. The van der Waals surface area contributed by atoms with Gasteiger partial charge < -0.3 is 14.2 Å². The van der Waals surface area contributed by atoms with E-state index < -0.39 is 40.0 Å². The van der Waals surface area contributed by atoms with Crippen LogP contribution in [-0.4, -0.2) is 61.3 Å². The van der Waals surface area contributed by atoms with Crippen LogP contribution < -0.4 is 10.3 Å². The van der Waals surface area contributed by atoms with Gasteiger partial charge in [0.1, 0.15) is 5.37 Å². The zero-order valence-corrected chi connectivity index (χ0v) is 30.7. The second-order valence-corrected chi connectivity index (χ2v) is 15.3. The molecule has 1 fully saturated rings. The first-order chi connectivity index (χ1) is 24.4. The van der Waals surface area contributed by atoms with Gasteiger partial charge in [-0.25, -0.2) is 9.48 Å². The summed E-state index contributed by atoms with van der Waals surface area (Å²) in [4.78, 5) is 58.3. The molecular weight excluding hydrogens is 689 g/mol. The van der Waals surface area contributed by atoms with E-state index in [1.165, 1.54) is 40.2 Å². The Labute approximate surface area is 304 Å². The second-order valence-electron chi connectivity index (χ2n) is 13.2. The van der Waals surface area contributed by atoms with E-state index in [1.54, 1.807) is 59.0 Å². The highest BCUT2D eigenvalue weighted by Gasteiger charge is 2.56. The third-order valence-corrected chi connectivity index (χ3v) is 11.0. The number of nitrogens with zero attached hydrogens (tertiary/aromatic N) is 4. The molecule has 2 aliphatic rings. The van der Waals surface area contributed by atoms with E-state index in [9.17, 15) is 19.2 Å². The molecule has 0 N–H and O–H groups in total. The summed E-state index contributed by atoms with van der Waals surface area (Å²) in [6.45, 7) is 7.08. The Morgan fingerprint density at radius 1 is 0.941 bits per heavy atom. The van der Waals surface area contributed by atoms with Crippen molar-refractivity contribution in [1.29, 1.82) is 0 Å². The van der Waals surface area contributed by atoms with Crippen LogP contribution in [0, 0.1) is 5.41 Å². The predicted molar refractivity (Wildman–Crippen MR) is 194 cm³/mol. The van der Waals surface area contributed by atoms with E-state index >= 15 is 0 Å². The number of hydrogen-bond acceptors (Lipinski definition) is 11. The molecule has 2 aliphatic heterocycles. The largest absolute Gasteiger partial charge is 0.460 e. The van der Waals surface area contributed by atoms with Crippen molar-refractivity contribution in [1.82, 2.24) is 19.7 Å². The summed E-state index contributed by atoms with van der Waals surface area (Å²) in [5.41, 5.74) is 1.65. The number of β-lactam (4-membered cyclic amide) rings is 1. The molecule has 13 heteroatoms. The van der Waals surface area contributed by atoms with Gasteiger partial charge in [-0.2, -0.15) is 4.98 Å². The summed E-state index contributed by atoms with van der Waals surface area (Å²) in [6.07, 6.45) is -1.26. The molecule has 0 bridgehead atoms. The quantitative estimate of drug-likeness (QED) is 0.103. The molecule has 1 unspecified atom stereocenters. The van der Waals surface area contributed by atoms with E-state index in [1.807, 2.05) is 60.7 Å². The first-order valence-electron chi connectivity index (χ1n) is 16.3. The summed E-state index contributed by atoms with van der Waals surface area (Å²) in [5.74, 6) is -0.696. The summed E-state index contributed by atoms with van der Waals surface area (Å²) in [7, 11) is 3.15. The Kier molecular flexibility index (Phi) is 10.5. The van der Waals surface area contributed by atoms with Crippen LogP contribution in [0.1, 0.15) is 60.8 Å². The number of thioether (sulfide) groups is 2. The average Bonchev–Trinajstić information content (AvgIpc) is 3.12. The average molecular weight is 727 g/mol. The van der Waals surface area contributed by atoms with Crippen molar-refractivity contribution in [3.8, 4) is 5.88 Å². The maximum absolute atomic E-state index is 13.4. The number of ketones is 1. The van der Waals surface area contributed by atoms with Crippen molar-refractivity contribution in [2.75, 3.05) is 7.11 Å². The van der Waals surface area contributed by atoms with Gasteiger partial charge in [0.25, 0.3) is 5.91 Å². The number of carbonyl (C=O) groups is 3. The number of hydrogen-bond donors (Lipinski definition) is 0. The highest BCUT2D eigenvalue weighted by Crippen LogP contribution is 2.47. The lowest BCUT2D eigenvalue weighted by Crippen LogP contribution is -2.66. The predicted octanol–water partition coefficient (Wildman–Crippen LogP) is 5.94. The minimum absolute atomic E-state index is 0.104. The van der Waals surface area contributed by atoms with Gasteiger partial charge in [-0.15, -0.1) is 5.10 Å². The van der Waals surface area contributed by atoms with Gasteiger partial charge in [-0.05, 0) is 35.7 Å². The molecule has 264 valence electrons. The van der Waals surface area contributed by atoms with E-state index in [-0.39, 0.29) is 23.3 Å². The van der Waals surface area contributed by atoms with Crippen molar-refractivity contribution in [2.45, 2.75) is 61.6 Å². The molecule has 3 atom stereocenters. The lowest BCUT2D eigenvalue weighted by molar-refractivity contribution is -0.160. The van der Waals surface area contributed by atoms with Gasteiger partial charge in [0.15, 0.2) is 28.6 Å². The number of benzene rings is 3. The number of aromatic nitrogens is 3. The number of fused-ring (bicyclic) bond motifs is 1. The smallest absolute Gasteiger partial charge is 0.339 e. The summed E-state index contributed by atoms with van der Waals surface area (Å²) >= 11 is 2.59. The fraction of sp³-hybridized carbons (Fsp3) is 0.316. The van der Waals surface area contributed by atoms with Gasteiger partial charge in [0.2, 0.25) is 0 Å². The number of ether oxygens (including phenoxy) is 3. The van der Waals surface area contributed by atoms with Crippen LogP contribution in [0.3, 0.4) is 0 Å². The zero-order valence-electron chi connectivity index (χ0n) is 29.1. The first kappa shape index (κ1) is 36.1. The third-order valence-electron chi connectivity index (χ3n) is 8.48. The highest BCUT2D eigenvalue weighted by molar-refractivity contribution is 8.00. The Morgan fingerprint density at radius 2 is 1.55 bits per heavy atom. The number of esters is 1. The lowest BCUT2D eigenvalue weighted by atomic mass is 9.85. The topological polar surface area (TPSA) is 130 Å². The van der Waals surface area contributed by atoms with E-state index in [0.717, 1.165) is 16.7 Å². The standard InChI is InChI=1S/C38H38N4O7S2/c1-22-27(30(43)38(2,3)4)42-33(45)29(47-6)34(42)51-36(22)49-35(46)26-19-17-23(18-20-26)21-50-37-39-31(44)32(40-41(37)5)48-28(24-13-9-7-10-14-24)25-15-11-8-12-16-25/h7-20,28-29,34,36H,21H2,1-6H3/t29-,34+,36?/m0/s1. The van der Waals surface area contributed by atoms with Crippen LogP contribution in [0.4, 0.5) is 0 Å². The molecule has 51 heavy (non-hydrogen) atoms. The maximum Gasteiger partial charge on any atom is 0.339 e. The Balaban J connectivity index is 1.12. The van der Waals surface area contributed by atoms with Gasteiger partial charge >= 0.3 is 17.4 Å². The van der Waals surface area contributed by atoms with E-state index in [2.05, 4.69) is 10.1 Å². The highest BCUT2D eigenvalue weighted by atomic mass is 32.2. The van der Waals surface area contributed by atoms with Crippen molar-refractivity contribution < 1.29 is 28.6 Å². The zero-order chi connectivity index (χ0) is 36.4. The van der Waals surface area contributed by atoms with Gasteiger partial charge in [0.05, 0.1) is 11.3 Å². The van der Waals surface area contributed by atoms with Gasteiger partial charge in [-0.1, -0.05) is 117 Å². The minimum Gasteiger partial charge on any atom is -0.460 e. The number of amides is 1. The van der Waals surface area contributed by atoms with Crippen LogP contribution in [-0.2, 0) is 31.9 Å². The second kappa shape index (κ2) is 14.9. The number of methoxy groups -OCH3 is 1. The Bertz CT molecular complexity index is 1990.